The fourth-order valence-electron chi connectivity index (χ4n) is 5.61. The van der Waals surface area contributed by atoms with Crippen molar-refractivity contribution in [1.29, 1.82) is 0 Å². The maximum absolute atomic E-state index is 12.7. The van der Waals surface area contributed by atoms with Gasteiger partial charge in [0.2, 0.25) is 5.91 Å². The Kier molecular flexibility index (Phi) is 6.51. The molecule has 0 bridgehead atoms. The van der Waals surface area contributed by atoms with Crippen LogP contribution in [0.2, 0.25) is 0 Å². The molecule has 34 heavy (non-hydrogen) atoms. The van der Waals surface area contributed by atoms with Crippen molar-refractivity contribution in [2.75, 3.05) is 7.11 Å². The summed E-state index contributed by atoms with van der Waals surface area (Å²) in [5, 5.41) is 6.62. The number of amides is 1. The van der Waals surface area contributed by atoms with Crippen LogP contribution in [0, 0.1) is 20.8 Å². The van der Waals surface area contributed by atoms with Crippen molar-refractivity contribution in [2.45, 2.75) is 39.2 Å². The minimum Gasteiger partial charge on any atom is -0.493 e. The Hall–Kier alpha value is -2.61. The standard InChI is InChI=1S/C28H29IN2O3/c1-28-13-6-5-12-22(28)25(28)27(32)31-30-16-18-14-23(29)26(24(15-18)33-2)34-17-20-10-7-9-19-8-3-4-11-21(19)20/h3-4,7-11,14-16,22,25H,5-6,12-13,17H2,1-2H3,(H,31,32)/b30-16-/t22-,25-,28+/m0/s1. The monoisotopic (exact) mass is 568 g/mol. The van der Waals surface area contributed by atoms with Crippen molar-refractivity contribution in [2.24, 2.45) is 22.4 Å². The van der Waals surface area contributed by atoms with Crippen molar-refractivity contribution < 1.29 is 14.3 Å². The van der Waals surface area contributed by atoms with Crippen molar-refractivity contribution in [3.05, 3.63) is 69.3 Å². The smallest absolute Gasteiger partial charge is 0.244 e. The van der Waals surface area contributed by atoms with Gasteiger partial charge in [-0.3, -0.25) is 4.79 Å². The number of nitrogens with zero attached hydrogens (tertiary/aromatic N) is 1. The lowest BCUT2D eigenvalue weighted by Gasteiger charge is -2.15. The Morgan fingerprint density at radius 2 is 2.03 bits per heavy atom. The normalized spacial score (nSPS) is 23.5. The number of fused-ring (bicyclic) bond motifs is 2. The Bertz CT molecular complexity index is 1250. The highest BCUT2D eigenvalue weighted by atomic mass is 127. The molecular formula is C28H29IN2O3. The van der Waals surface area contributed by atoms with E-state index in [2.05, 4.69) is 64.3 Å². The van der Waals surface area contributed by atoms with E-state index in [4.69, 9.17) is 9.47 Å². The van der Waals surface area contributed by atoms with E-state index >= 15 is 0 Å². The van der Waals surface area contributed by atoms with E-state index in [-0.39, 0.29) is 17.2 Å². The molecule has 3 atom stereocenters. The minimum absolute atomic E-state index is 0.0438. The molecule has 176 valence electrons. The Balaban J connectivity index is 1.26. The third kappa shape index (κ3) is 4.40. The summed E-state index contributed by atoms with van der Waals surface area (Å²) in [6, 6.07) is 18.4. The van der Waals surface area contributed by atoms with Crippen LogP contribution in [-0.2, 0) is 11.4 Å². The summed E-state index contributed by atoms with van der Waals surface area (Å²) in [6.45, 7) is 2.69. The Morgan fingerprint density at radius 3 is 2.82 bits per heavy atom. The number of hydrazone groups is 1. The van der Waals surface area contributed by atoms with Crippen LogP contribution in [0.3, 0.4) is 0 Å². The molecule has 0 radical (unpaired) electrons. The third-order valence-electron chi connectivity index (χ3n) is 7.51. The van der Waals surface area contributed by atoms with E-state index in [9.17, 15) is 4.79 Å². The molecule has 1 N–H and O–H groups in total. The van der Waals surface area contributed by atoms with Gasteiger partial charge >= 0.3 is 0 Å². The van der Waals surface area contributed by atoms with E-state index in [0.717, 1.165) is 27.5 Å². The van der Waals surface area contributed by atoms with Gasteiger partial charge in [0.05, 0.1) is 16.9 Å². The predicted molar refractivity (Wildman–Crippen MR) is 143 cm³/mol. The molecule has 5 nitrogen and oxygen atoms in total. The van der Waals surface area contributed by atoms with Crippen LogP contribution in [-0.4, -0.2) is 19.2 Å². The van der Waals surface area contributed by atoms with Gasteiger partial charge < -0.3 is 9.47 Å². The SMILES string of the molecule is COc1cc(/C=N\NC(=O)[C@@H]2[C@@H]3CCCC[C@@]23C)cc(I)c1OCc1cccc2ccccc12. The molecule has 0 aliphatic heterocycles. The van der Waals surface area contributed by atoms with E-state index in [1.165, 1.54) is 23.6 Å². The Morgan fingerprint density at radius 1 is 1.21 bits per heavy atom. The summed E-state index contributed by atoms with van der Waals surface area (Å²) in [4.78, 5) is 12.7. The number of nitrogens with one attached hydrogen (secondary N) is 1. The van der Waals surface area contributed by atoms with Crippen molar-refractivity contribution >= 4 is 45.5 Å². The molecule has 0 heterocycles. The third-order valence-corrected chi connectivity index (χ3v) is 8.31. The Labute approximate surface area is 214 Å². The second-order valence-corrected chi connectivity index (χ2v) is 10.7. The summed E-state index contributed by atoms with van der Waals surface area (Å²) in [5.41, 5.74) is 4.92. The van der Waals surface area contributed by atoms with Crippen molar-refractivity contribution in [3.63, 3.8) is 0 Å². The van der Waals surface area contributed by atoms with Gasteiger partial charge in [0, 0.05) is 5.92 Å². The maximum Gasteiger partial charge on any atom is 0.244 e. The fraction of sp³-hybridized carbons (Fsp3) is 0.357. The molecule has 5 rings (SSSR count). The minimum atomic E-state index is 0.0438. The quantitative estimate of drug-likeness (QED) is 0.207. The molecule has 1 amide bonds. The topological polar surface area (TPSA) is 59.9 Å². The van der Waals surface area contributed by atoms with Crippen molar-refractivity contribution in [1.82, 2.24) is 5.43 Å². The molecule has 0 spiro atoms. The second kappa shape index (κ2) is 9.56. The van der Waals surface area contributed by atoms with Crippen LogP contribution >= 0.6 is 22.6 Å². The van der Waals surface area contributed by atoms with E-state index in [1.54, 1.807) is 13.3 Å². The highest BCUT2D eigenvalue weighted by Crippen LogP contribution is 2.66. The van der Waals surface area contributed by atoms with Crippen LogP contribution in [0.15, 0.2) is 59.7 Å². The first kappa shape index (κ1) is 23.1. The van der Waals surface area contributed by atoms with Gasteiger partial charge in [-0.05, 0) is 80.8 Å². The molecule has 2 aliphatic rings. The summed E-state index contributed by atoms with van der Waals surface area (Å²) in [5.74, 6) is 2.01. The van der Waals surface area contributed by atoms with Gasteiger partial charge in [0.1, 0.15) is 6.61 Å². The molecular weight excluding hydrogens is 539 g/mol. The lowest BCUT2D eigenvalue weighted by molar-refractivity contribution is -0.123. The molecule has 6 heteroatoms. The summed E-state index contributed by atoms with van der Waals surface area (Å²) >= 11 is 2.25. The molecule has 2 saturated carbocycles. The van der Waals surface area contributed by atoms with Gasteiger partial charge in [0.15, 0.2) is 11.5 Å². The van der Waals surface area contributed by atoms with Gasteiger partial charge in [-0.2, -0.15) is 5.10 Å². The number of rotatable bonds is 7. The number of carbonyl (C=O) groups excluding carboxylic acids is 1. The molecule has 0 aromatic heterocycles. The molecule has 2 fully saturated rings. The first-order valence-electron chi connectivity index (χ1n) is 11.8. The average molecular weight is 568 g/mol. The lowest BCUT2D eigenvalue weighted by atomic mass is 9.90. The number of hydrogen-bond donors (Lipinski definition) is 1. The predicted octanol–water partition coefficient (Wildman–Crippen LogP) is 6.31. The molecule has 0 unspecified atom stereocenters. The zero-order valence-electron chi connectivity index (χ0n) is 19.5. The van der Waals surface area contributed by atoms with Crippen molar-refractivity contribution in [3.8, 4) is 11.5 Å². The number of ether oxygens (including phenoxy) is 2. The number of carbonyl (C=O) groups is 1. The van der Waals surface area contributed by atoms with Crippen LogP contribution in [0.25, 0.3) is 10.8 Å². The number of hydrogen-bond acceptors (Lipinski definition) is 4. The molecule has 0 saturated heterocycles. The number of benzene rings is 3. The zero-order chi connectivity index (χ0) is 23.7. The van der Waals surface area contributed by atoms with Gasteiger partial charge in [0.25, 0.3) is 0 Å². The second-order valence-electron chi connectivity index (χ2n) is 9.53. The van der Waals surface area contributed by atoms with Crippen LogP contribution in [0.5, 0.6) is 11.5 Å². The average Bonchev–Trinajstić information content (AvgIpc) is 3.48. The molecule has 3 aromatic carbocycles. The first-order chi connectivity index (χ1) is 16.5. The van der Waals surface area contributed by atoms with E-state index < -0.39 is 0 Å². The van der Waals surface area contributed by atoms with E-state index in [1.807, 2.05) is 30.3 Å². The lowest BCUT2D eigenvalue weighted by Crippen LogP contribution is -2.22. The highest BCUT2D eigenvalue weighted by molar-refractivity contribution is 14.1. The summed E-state index contributed by atoms with van der Waals surface area (Å²) in [6.07, 6.45) is 6.45. The number of halogens is 1. The van der Waals surface area contributed by atoms with E-state index in [0.29, 0.717) is 24.0 Å². The highest BCUT2D eigenvalue weighted by Gasteiger charge is 2.64. The van der Waals surface area contributed by atoms with Gasteiger partial charge in [-0.25, -0.2) is 5.43 Å². The van der Waals surface area contributed by atoms with Gasteiger partial charge in [-0.1, -0.05) is 62.2 Å². The van der Waals surface area contributed by atoms with Crippen LogP contribution in [0.1, 0.15) is 43.7 Å². The summed E-state index contributed by atoms with van der Waals surface area (Å²) in [7, 11) is 1.63. The van der Waals surface area contributed by atoms with Crippen LogP contribution in [0.4, 0.5) is 0 Å². The maximum atomic E-state index is 12.7. The summed E-state index contributed by atoms with van der Waals surface area (Å²) < 4.78 is 12.7. The largest absolute Gasteiger partial charge is 0.493 e. The van der Waals surface area contributed by atoms with Crippen LogP contribution < -0.4 is 14.9 Å². The fourth-order valence-corrected chi connectivity index (χ4v) is 6.39. The zero-order valence-corrected chi connectivity index (χ0v) is 21.7. The molecule has 2 aliphatic carbocycles. The van der Waals surface area contributed by atoms with Gasteiger partial charge in [-0.15, -0.1) is 0 Å². The number of methoxy groups -OCH3 is 1. The first-order valence-corrected chi connectivity index (χ1v) is 12.9. The molecule has 3 aromatic rings.